The van der Waals surface area contributed by atoms with Crippen molar-refractivity contribution in [3.05, 3.63) is 18.2 Å². The Bertz CT molecular complexity index is 882. The summed E-state index contributed by atoms with van der Waals surface area (Å²) in [6, 6.07) is 5.68. The zero-order valence-corrected chi connectivity index (χ0v) is 23.0. The molecule has 3 nitrogen and oxygen atoms in total. The van der Waals surface area contributed by atoms with Crippen LogP contribution in [0.4, 0.5) is 11.4 Å². The van der Waals surface area contributed by atoms with Crippen LogP contribution in [-0.2, 0) is 0 Å². The summed E-state index contributed by atoms with van der Waals surface area (Å²) >= 11 is 0. The van der Waals surface area contributed by atoms with E-state index in [-0.39, 0.29) is 0 Å². The highest BCUT2D eigenvalue weighted by Gasteiger charge is 2.60. The predicted octanol–water partition coefficient (Wildman–Crippen LogP) is 8.47. The van der Waals surface area contributed by atoms with Gasteiger partial charge in [0.05, 0.1) is 11.8 Å². The molecule has 4 saturated carbocycles. The summed E-state index contributed by atoms with van der Waals surface area (Å²) in [7, 11) is 0. The Morgan fingerprint density at radius 1 is 0.914 bits per heavy atom. The maximum Gasteiger partial charge on any atom is 0.142 e. The van der Waals surface area contributed by atoms with Crippen molar-refractivity contribution < 1.29 is 4.74 Å². The first-order chi connectivity index (χ1) is 16.7. The minimum Gasteiger partial charge on any atom is -0.488 e. The van der Waals surface area contributed by atoms with E-state index in [0.717, 1.165) is 41.3 Å². The lowest BCUT2D eigenvalue weighted by molar-refractivity contribution is -0.124. The van der Waals surface area contributed by atoms with Crippen LogP contribution in [0.5, 0.6) is 5.75 Å². The number of benzene rings is 1. The first-order valence-electron chi connectivity index (χ1n) is 15.0. The first kappa shape index (κ1) is 25.3. The molecule has 0 heterocycles. The number of anilines is 2. The molecule has 1 aromatic rings. The molecular formula is C32H52N2O. The van der Waals surface area contributed by atoms with Gasteiger partial charge in [-0.3, -0.25) is 0 Å². The van der Waals surface area contributed by atoms with Crippen LogP contribution in [0.2, 0.25) is 0 Å². The molecule has 8 unspecified atom stereocenters. The summed E-state index contributed by atoms with van der Waals surface area (Å²) in [5.74, 6) is 6.36. The minimum atomic E-state index is 0.297. The molecule has 4 N–H and O–H groups in total. The van der Waals surface area contributed by atoms with Crippen LogP contribution in [-0.4, -0.2) is 6.10 Å². The molecule has 0 amide bonds. The standard InChI is InChI=1S/C32H52N2O/c1-21(2)7-5-6-8-22-10-13-27-26-12-9-23-19-25(35-30-14-11-24(33)20-29(30)34)15-17-32(23,4)28(26)16-18-31(22,27)3/h11,14,20-23,25-28H,5-10,12-13,15-19,33-34H2,1-4H3. The fourth-order valence-corrected chi connectivity index (χ4v) is 9.71. The molecular weight excluding hydrogens is 428 g/mol. The highest BCUT2D eigenvalue weighted by atomic mass is 16.5. The molecule has 5 rings (SSSR count). The smallest absolute Gasteiger partial charge is 0.142 e. The third-order valence-corrected chi connectivity index (χ3v) is 11.7. The van der Waals surface area contributed by atoms with Crippen molar-refractivity contribution in [1.29, 1.82) is 0 Å². The second-order valence-electron chi connectivity index (χ2n) is 14.0. The van der Waals surface area contributed by atoms with Gasteiger partial charge < -0.3 is 16.2 Å². The van der Waals surface area contributed by atoms with Crippen molar-refractivity contribution in [3.8, 4) is 5.75 Å². The maximum absolute atomic E-state index is 6.45. The molecule has 0 radical (unpaired) electrons. The van der Waals surface area contributed by atoms with Gasteiger partial charge in [0, 0.05) is 5.69 Å². The highest BCUT2D eigenvalue weighted by Crippen LogP contribution is 2.68. The summed E-state index contributed by atoms with van der Waals surface area (Å²) in [5.41, 5.74) is 14.6. The van der Waals surface area contributed by atoms with Crippen LogP contribution in [0, 0.1) is 46.3 Å². The average Bonchev–Trinajstić information content (AvgIpc) is 3.15. The second-order valence-corrected chi connectivity index (χ2v) is 14.0. The molecule has 0 aromatic heterocycles. The largest absolute Gasteiger partial charge is 0.488 e. The Morgan fingerprint density at radius 2 is 1.69 bits per heavy atom. The lowest BCUT2D eigenvalue weighted by Crippen LogP contribution is -2.54. The average molecular weight is 481 g/mol. The summed E-state index contributed by atoms with van der Waals surface area (Å²) < 4.78 is 6.45. The molecule has 4 fully saturated rings. The Balaban J connectivity index is 1.22. The summed E-state index contributed by atoms with van der Waals surface area (Å²) in [5, 5.41) is 0. The third kappa shape index (κ3) is 4.71. The van der Waals surface area contributed by atoms with E-state index < -0.39 is 0 Å². The lowest BCUT2D eigenvalue weighted by atomic mass is 9.44. The number of hydrogen-bond donors (Lipinski definition) is 2. The van der Waals surface area contributed by atoms with E-state index in [1.54, 1.807) is 0 Å². The molecule has 1 aromatic carbocycles. The first-order valence-corrected chi connectivity index (χ1v) is 15.0. The molecule has 4 aliphatic rings. The monoisotopic (exact) mass is 480 g/mol. The summed E-state index contributed by atoms with van der Waals surface area (Å²) in [6.07, 6.45) is 18.6. The Hall–Kier alpha value is -1.38. The molecule has 0 aliphatic heterocycles. The van der Waals surface area contributed by atoms with Crippen LogP contribution < -0.4 is 16.2 Å². The van der Waals surface area contributed by atoms with Gasteiger partial charge >= 0.3 is 0 Å². The van der Waals surface area contributed by atoms with Crippen LogP contribution in [0.25, 0.3) is 0 Å². The van der Waals surface area contributed by atoms with Gasteiger partial charge in [0.1, 0.15) is 5.75 Å². The SMILES string of the molecule is CC(C)CCCCC1CCC2C3CCC4CC(Oc5ccc(N)cc5N)CCC4(C)C3CCC12C. The number of ether oxygens (including phenoxy) is 1. The predicted molar refractivity (Wildman–Crippen MR) is 148 cm³/mol. The van der Waals surface area contributed by atoms with E-state index in [1.165, 1.54) is 83.5 Å². The molecule has 196 valence electrons. The number of hydrogen-bond acceptors (Lipinski definition) is 3. The number of fused-ring (bicyclic) bond motifs is 5. The number of nitrogens with two attached hydrogens (primary N) is 2. The van der Waals surface area contributed by atoms with Crippen molar-refractivity contribution in [2.24, 2.45) is 46.3 Å². The fourth-order valence-electron chi connectivity index (χ4n) is 9.71. The van der Waals surface area contributed by atoms with Gasteiger partial charge in [-0.1, -0.05) is 47.0 Å². The minimum absolute atomic E-state index is 0.297. The summed E-state index contributed by atoms with van der Waals surface area (Å²) in [6.45, 7) is 10.1. The zero-order chi connectivity index (χ0) is 24.8. The second kappa shape index (κ2) is 9.82. The van der Waals surface area contributed by atoms with Crippen molar-refractivity contribution in [2.75, 3.05) is 11.5 Å². The topological polar surface area (TPSA) is 61.3 Å². The molecule has 0 bridgehead atoms. The van der Waals surface area contributed by atoms with Gasteiger partial charge in [-0.25, -0.2) is 0 Å². The highest BCUT2D eigenvalue weighted by molar-refractivity contribution is 5.60. The quantitative estimate of drug-likeness (QED) is 0.304. The van der Waals surface area contributed by atoms with Crippen LogP contribution in [0.3, 0.4) is 0 Å². The van der Waals surface area contributed by atoms with Gasteiger partial charge in [-0.15, -0.1) is 0 Å². The third-order valence-electron chi connectivity index (χ3n) is 11.7. The lowest BCUT2D eigenvalue weighted by Gasteiger charge is -2.61. The molecule has 4 aliphatic carbocycles. The van der Waals surface area contributed by atoms with E-state index in [9.17, 15) is 0 Å². The van der Waals surface area contributed by atoms with Gasteiger partial charge in [-0.05, 0) is 129 Å². The van der Waals surface area contributed by atoms with Crippen LogP contribution in [0.1, 0.15) is 111 Å². The van der Waals surface area contributed by atoms with Gasteiger partial charge in [0.2, 0.25) is 0 Å². The molecule has 0 saturated heterocycles. The van der Waals surface area contributed by atoms with Crippen LogP contribution >= 0.6 is 0 Å². The Labute approximate surface area is 215 Å². The van der Waals surface area contributed by atoms with E-state index in [2.05, 4.69) is 27.7 Å². The van der Waals surface area contributed by atoms with Gasteiger partial charge in [-0.2, -0.15) is 0 Å². The van der Waals surface area contributed by atoms with E-state index in [4.69, 9.17) is 16.2 Å². The molecule has 35 heavy (non-hydrogen) atoms. The Kier molecular flexibility index (Phi) is 7.09. The van der Waals surface area contributed by atoms with Crippen molar-refractivity contribution >= 4 is 11.4 Å². The molecule has 8 atom stereocenters. The van der Waals surface area contributed by atoms with E-state index in [1.807, 2.05) is 18.2 Å². The number of rotatable bonds is 7. The summed E-state index contributed by atoms with van der Waals surface area (Å²) in [4.78, 5) is 0. The maximum atomic E-state index is 6.45. The van der Waals surface area contributed by atoms with Crippen molar-refractivity contribution in [1.82, 2.24) is 0 Å². The Morgan fingerprint density at radius 3 is 2.46 bits per heavy atom. The van der Waals surface area contributed by atoms with Crippen molar-refractivity contribution in [2.45, 2.75) is 117 Å². The number of unbranched alkanes of at least 4 members (excludes halogenated alkanes) is 1. The normalized spacial score (nSPS) is 40.7. The van der Waals surface area contributed by atoms with E-state index >= 15 is 0 Å². The zero-order valence-electron chi connectivity index (χ0n) is 23.0. The van der Waals surface area contributed by atoms with Gasteiger partial charge in [0.15, 0.2) is 0 Å². The van der Waals surface area contributed by atoms with E-state index in [0.29, 0.717) is 28.3 Å². The molecule has 3 heteroatoms. The van der Waals surface area contributed by atoms with Crippen molar-refractivity contribution in [3.63, 3.8) is 0 Å². The molecule has 0 spiro atoms. The van der Waals surface area contributed by atoms with Crippen LogP contribution in [0.15, 0.2) is 18.2 Å². The van der Waals surface area contributed by atoms with Gasteiger partial charge in [0.25, 0.3) is 0 Å². The fraction of sp³-hybridized carbons (Fsp3) is 0.812. The number of nitrogen functional groups attached to an aromatic ring is 2.